The average Bonchev–Trinajstić information content (AvgIpc) is 2.77. The van der Waals surface area contributed by atoms with E-state index >= 15 is 0 Å². The summed E-state index contributed by atoms with van der Waals surface area (Å²) in [5, 5.41) is 4.08. The van der Waals surface area contributed by atoms with E-state index in [0.29, 0.717) is 5.69 Å². The number of nitrogens with one attached hydrogen (secondary N) is 1. The maximum absolute atomic E-state index is 12.3. The number of hydrogen-bond acceptors (Lipinski definition) is 3. The summed E-state index contributed by atoms with van der Waals surface area (Å²) in [6.07, 6.45) is 3.13. The fourth-order valence-electron chi connectivity index (χ4n) is 2.26. The smallest absolute Gasteiger partial charge is 0.244 e. The summed E-state index contributed by atoms with van der Waals surface area (Å²) in [7, 11) is -1.79. The molecular weight excluding hydrogens is 322 g/mol. The van der Waals surface area contributed by atoms with Gasteiger partial charge in [-0.15, -0.1) is 12.4 Å². The summed E-state index contributed by atoms with van der Waals surface area (Å²) >= 11 is 0. The minimum Gasteiger partial charge on any atom is -0.274 e. The molecule has 0 saturated carbocycles. The molecule has 0 amide bonds. The van der Waals surface area contributed by atoms with Gasteiger partial charge in [0.1, 0.15) is 4.90 Å². The molecule has 0 radical (unpaired) electrons. The van der Waals surface area contributed by atoms with Gasteiger partial charge < -0.3 is 0 Å². The summed E-state index contributed by atoms with van der Waals surface area (Å²) in [5.74, 6) is 0. The zero-order chi connectivity index (χ0) is 15.5. The predicted octanol–water partition coefficient (Wildman–Crippen LogP) is 2.45. The second kappa shape index (κ2) is 7.76. The molecule has 0 aliphatic rings. The van der Waals surface area contributed by atoms with E-state index in [9.17, 15) is 8.42 Å². The van der Waals surface area contributed by atoms with Gasteiger partial charge in [0.25, 0.3) is 0 Å². The Morgan fingerprint density at radius 3 is 2.45 bits per heavy atom. The van der Waals surface area contributed by atoms with E-state index in [4.69, 9.17) is 0 Å². The molecule has 5 nitrogen and oxygen atoms in total. The Hall–Kier alpha value is -1.37. The van der Waals surface area contributed by atoms with Gasteiger partial charge in [0.15, 0.2) is 0 Å². The van der Waals surface area contributed by atoms with Crippen molar-refractivity contribution in [3.05, 3.63) is 47.8 Å². The number of rotatable bonds is 6. The van der Waals surface area contributed by atoms with Gasteiger partial charge >= 0.3 is 0 Å². The Bertz CT molecular complexity index is 699. The minimum atomic E-state index is -3.51. The van der Waals surface area contributed by atoms with Crippen LogP contribution >= 0.6 is 12.4 Å². The van der Waals surface area contributed by atoms with E-state index in [-0.39, 0.29) is 23.3 Å². The summed E-state index contributed by atoms with van der Waals surface area (Å²) in [6.45, 7) is 3.58. The molecule has 1 atom stereocenters. The van der Waals surface area contributed by atoms with Gasteiger partial charge in [-0.1, -0.05) is 30.3 Å². The predicted molar refractivity (Wildman–Crippen MR) is 89.7 cm³/mol. The van der Waals surface area contributed by atoms with Crippen molar-refractivity contribution in [3.63, 3.8) is 0 Å². The fourth-order valence-corrected chi connectivity index (χ4v) is 3.75. The SMILES string of the molecule is Cc1nn(C)cc1S(=O)(=O)NC(C)CCc1ccccc1.Cl. The lowest BCUT2D eigenvalue weighted by atomic mass is 10.1. The zero-order valence-electron chi connectivity index (χ0n) is 13.0. The Kier molecular flexibility index (Phi) is 6.59. The van der Waals surface area contributed by atoms with Crippen molar-refractivity contribution in [3.8, 4) is 0 Å². The van der Waals surface area contributed by atoms with E-state index < -0.39 is 10.0 Å². The molecule has 2 rings (SSSR count). The molecule has 1 aromatic carbocycles. The number of aryl methyl sites for hydroxylation is 3. The Morgan fingerprint density at radius 1 is 1.27 bits per heavy atom. The number of hydrogen-bond donors (Lipinski definition) is 1. The lowest BCUT2D eigenvalue weighted by Crippen LogP contribution is -2.33. The molecule has 0 fully saturated rings. The second-order valence-corrected chi connectivity index (χ2v) is 6.98. The third kappa shape index (κ3) is 4.83. The van der Waals surface area contributed by atoms with Crippen molar-refractivity contribution in [2.75, 3.05) is 0 Å². The van der Waals surface area contributed by atoms with Crippen LogP contribution in [0.2, 0.25) is 0 Å². The van der Waals surface area contributed by atoms with Crippen LogP contribution in [0.25, 0.3) is 0 Å². The third-order valence-electron chi connectivity index (χ3n) is 3.32. The van der Waals surface area contributed by atoms with Crippen LogP contribution in [0.1, 0.15) is 24.6 Å². The first kappa shape index (κ1) is 18.7. The Balaban J connectivity index is 0.00000242. The zero-order valence-corrected chi connectivity index (χ0v) is 14.6. The highest BCUT2D eigenvalue weighted by atomic mass is 35.5. The van der Waals surface area contributed by atoms with Gasteiger partial charge in [-0.25, -0.2) is 13.1 Å². The van der Waals surface area contributed by atoms with Crippen LogP contribution in [0, 0.1) is 6.92 Å². The molecule has 1 unspecified atom stereocenters. The summed E-state index contributed by atoms with van der Waals surface area (Å²) in [6, 6.07) is 9.92. The fraction of sp³-hybridized carbons (Fsp3) is 0.400. The molecule has 1 aromatic heterocycles. The Morgan fingerprint density at radius 2 is 1.91 bits per heavy atom. The van der Waals surface area contributed by atoms with Crippen LogP contribution in [0.4, 0.5) is 0 Å². The van der Waals surface area contributed by atoms with Crippen LogP contribution in [0.15, 0.2) is 41.4 Å². The van der Waals surface area contributed by atoms with Crippen molar-refractivity contribution >= 4 is 22.4 Å². The molecule has 0 aliphatic carbocycles. The largest absolute Gasteiger partial charge is 0.274 e. The number of halogens is 1. The first-order chi connectivity index (χ1) is 9.88. The lowest BCUT2D eigenvalue weighted by molar-refractivity contribution is 0.546. The van der Waals surface area contributed by atoms with Crippen molar-refractivity contribution in [1.29, 1.82) is 0 Å². The molecule has 7 heteroatoms. The highest BCUT2D eigenvalue weighted by molar-refractivity contribution is 7.89. The lowest BCUT2D eigenvalue weighted by Gasteiger charge is -2.13. The Labute approximate surface area is 138 Å². The summed E-state index contributed by atoms with van der Waals surface area (Å²) < 4.78 is 28.9. The number of benzene rings is 1. The summed E-state index contributed by atoms with van der Waals surface area (Å²) in [4.78, 5) is 0.247. The van der Waals surface area contributed by atoms with Gasteiger partial charge in [-0.05, 0) is 32.3 Å². The normalized spacial score (nSPS) is 12.7. The maximum Gasteiger partial charge on any atom is 0.244 e. The van der Waals surface area contributed by atoms with Crippen LogP contribution < -0.4 is 4.72 Å². The van der Waals surface area contributed by atoms with Gasteiger partial charge in [0.2, 0.25) is 10.0 Å². The van der Waals surface area contributed by atoms with Crippen molar-refractivity contribution < 1.29 is 8.42 Å². The second-order valence-electron chi connectivity index (χ2n) is 5.30. The van der Waals surface area contributed by atoms with Gasteiger partial charge in [0.05, 0.1) is 5.69 Å². The van der Waals surface area contributed by atoms with Crippen molar-refractivity contribution in [2.24, 2.45) is 7.05 Å². The molecular formula is C15H22ClN3O2S. The quantitative estimate of drug-likeness (QED) is 0.876. The molecule has 1 N–H and O–H groups in total. The molecule has 2 aromatic rings. The summed E-state index contributed by atoms with van der Waals surface area (Å²) in [5.41, 5.74) is 1.72. The van der Waals surface area contributed by atoms with Crippen LogP contribution in [-0.4, -0.2) is 24.2 Å². The van der Waals surface area contributed by atoms with Crippen LogP contribution in [0.5, 0.6) is 0 Å². The van der Waals surface area contributed by atoms with E-state index in [1.807, 2.05) is 37.3 Å². The van der Waals surface area contributed by atoms with E-state index in [1.54, 1.807) is 14.0 Å². The molecule has 0 bridgehead atoms. The number of nitrogens with zero attached hydrogens (tertiary/aromatic N) is 2. The average molecular weight is 344 g/mol. The third-order valence-corrected chi connectivity index (χ3v) is 5.02. The van der Waals surface area contributed by atoms with E-state index in [1.165, 1.54) is 16.4 Å². The molecule has 0 spiro atoms. The van der Waals surface area contributed by atoms with Gasteiger partial charge in [0, 0.05) is 19.3 Å². The number of sulfonamides is 1. The standard InChI is InChI=1S/C15H21N3O2S.ClH/c1-12(9-10-14-7-5-4-6-8-14)17-21(19,20)15-11-18(3)16-13(15)2;/h4-8,11-12,17H,9-10H2,1-3H3;1H. The molecule has 1 heterocycles. The van der Waals surface area contributed by atoms with Crippen LogP contribution in [-0.2, 0) is 23.5 Å². The molecule has 0 saturated heterocycles. The van der Waals surface area contributed by atoms with E-state index in [2.05, 4.69) is 9.82 Å². The first-order valence-corrected chi connectivity index (χ1v) is 8.43. The first-order valence-electron chi connectivity index (χ1n) is 6.95. The maximum atomic E-state index is 12.3. The van der Waals surface area contributed by atoms with Crippen LogP contribution in [0.3, 0.4) is 0 Å². The number of aromatic nitrogens is 2. The van der Waals surface area contributed by atoms with Gasteiger partial charge in [-0.2, -0.15) is 5.10 Å². The van der Waals surface area contributed by atoms with Crippen molar-refractivity contribution in [1.82, 2.24) is 14.5 Å². The topological polar surface area (TPSA) is 64.0 Å². The molecule has 0 aliphatic heterocycles. The highest BCUT2D eigenvalue weighted by Crippen LogP contribution is 2.14. The van der Waals surface area contributed by atoms with Gasteiger partial charge in [-0.3, -0.25) is 4.68 Å². The highest BCUT2D eigenvalue weighted by Gasteiger charge is 2.21. The minimum absolute atomic E-state index is 0. The van der Waals surface area contributed by atoms with Crippen molar-refractivity contribution in [2.45, 2.75) is 37.6 Å². The molecule has 122 valence electrons. The van der Waals surface area contributed by atoms with E-state index in [0.717, 1.165) is 12.8 Å². The molecule has 22 heavy (non-hydrogen) atoms. The monoisotopic (exact) mass is 343 g/mol.